The summed E-state index contributed by atoms with van der Waals surface area (Å²) in [6, 6.07) is 6.83. The first-order valence-corrected chi connectivity index (χ1v) is 13.2. The van der Waals surface area contributed by atoms with E-state index in [1.54, 1.807) is 0 Å². The average molecular weight is 580 g/mol. The highest BCUT2D eigenvalue weighted by molar-refractivity contribution is 7.92. The van der Waals surface area contributed by atoms with Gasteiger partial charge in [0.2, 0.25) is 0 Å². The monoisotopic (exact) mass is 579 g/mol. The standard InChI is InChI=1S/C26H28F7N3O2S/c1-2-21(37)15-35-12-11-19(34)14-20-7-3-16-13-17(24(25(28,29)30)26(31,32)33)4-10-23(16)36(20)39(38)22-8-5-18(27)6-9-22/h4-6,8-13,20-21,24,34-35,37H,2-3,7,14-15H2,1H3/b12-11-,34-19?/t20-,21?,39?/m0/s1. The molecular weight excluding hydrogens is 551 g/mol. The number of benzene rings is 2. The number of rotatable bonds is 10. The Balaban J connectivity index is 1.94. The molecule has 214 valence electrons. The first-order valence-electron chi connectivity index (χ1n) is 12.1. The number of nitrogens with zero attached hydrogens (tertiary/aromatic N) is 1. The molecule has 2 unspecified atom stereocenters. The predicted octanol–water partition coefficient (Wildman–Crippen LogP) is 6.16. The zero-order valence-electron chi connectivity index (χ0n) is 20.8. The van der Waals surface area contributed by atoms with E-state index in [9.17, 15) is 40.4 Å². The molecule has 3 atom stereocenters. The van der Waals surface area contributed by atoms with Gasteiger partial charge in [-0.15, -0.1) is 0 Å². The second-order valence-electron chi connectivity index (χ2n) is 9.16. The van der Waals surface area contributed by atoms with Gasteiger partial charge < -0.3 is 20.4 Å². The minimum Gasteiger partial charge on any atom is -0.588 e. The van der Waals surface area contributed by atoms with Crippen LogP contribution >= 0.6 is 0 Å². The van der Waals surface area contributed by atoms with Crippen LogP contribution in [0.25, 0.3) is 0 Å². The maximum Gasteiger partial charge on any atom is 0.404 e. The third-order valence-electron chi connectivity index (χ3n) is 6.28. The van der Waals surface area contributed by atoms with Crippen LogP contribution in [0.3, 0.4) is 0 Å². The van der Waals surface area contributed by atoms with Crippen LogP contribution in [-0.2, 0) is 17.8 Å². The maximum atomic E-state index is 13.6. The Morgan fingerprint density at radius 1 is 1.15 bits per heavy atom. The van der Waals surface area contributed by atoms with Crippen LogP contribution in [0.1, 0.15) is 43.2 Å². The molecule has 39 heavy (non-hydrogen) atoms. The van der Waals surface area contributed by atoms with Crippen LogP contribution in [-0.4, -0.2) is 46.4 Å². The lowest BCUT2D eigenvalue weighted by Crippen LogP contribution is -2.45. The summed E-state index contributed by atoms with van der Waals surface area (Å²) >= 11 is -2.00. The first kappa shape index (κ1) is 30.8. The predicted molar refractivity (Wildman–Crippen MR) is 134 cm³/mol. The van der Waals surface area contributed by atoms with Crippen molar-refractivity contribution in [1.29, 1.82) is 5.41 Å². The van der Waals surface area contributed by atoms with Crippen LogP contribution in [0.15, 0.2) is 59.6 Å². The number of allylic oxidation sites excluding steroid dienone is 1. The van der Waals surface area contributed by atoms with E-state index in [2.05, 4.69) is 5.32 Å². The van der Waals surface area contributed by atoms with E-state index >= 15 is 0 Å². The number of fused-ring (bicyclic) bond motifs is 1. The fraction of sp³-hybridized carbons (Fsp3) is 0.423. The summed E-state index contributed by atoms with van der Waals surface area (Å²) in [7, 11) is 0. The van der Waals surface area contributed by atoms with Crippen LogP contribution in [0, 0.1) is 11.2 Å². The molecule has 2 aromatic rings. The summed E-state index contributed by atoms with van der Waals surface area (Å²) in [6.07, 6.45) is -7.82. The molecule has 0 spiro atoms. The molecule has 3 N–H and O–H groups in total. The van der Waals surface area contributed by atoms with Gasteiger partial charge in [-0.05, 0) is 73.0 Å². The zero-order chi connectivity index (χ0) is 29.0. The van der Waals surface area contributed by atoms with E-state index in [4.69, 9.17) is 5.41 Å². The van der Waals surface area contributed by atoms with E-state index in [1.165, 1.54) is 28.7 Å². The fourth-order valence-electron chi connectivity index (χ4n) is 4.30. The number of aryl methyl sites for hydroxylation is 1. The number of anilines is 1. The molecule has 1 aliphatic heterocycles. The molecule has 0 aliphatic carbocycles. The van der Waals surface area contributed by atoms with Crippen LogP contribution < -0.4 is 9.62 Å². The van der Waals surface area contributed by atoms with Crippen molar-refractivity contribution in [3.8, 4) is 0 Å². The molecular formula is C26H28F7N3O2S. The Kier molecular flexibility index (Phi) is 9.94. The van der Waals surface area contributed by atoms with E-state index in [0.29, 0.717) is 6.42 Å². The molecule has 0 saturated heterocycles. The van der Waals surface area contributed by atoms with Crippen molar-refractivity contribution in [2.24, 2.45) is 0 Å². The Bertz CT molecular complexity index is 1140. The topological polar surface area (TPSA) is 82.4 Å². The van der Waals surface area contributed by atoms with E-state index in [1.807, 2.05) is 6.92 Å². The summed E-state index contributed by atoms with van der Waals surface area (Å²) in [6.45, 7) is 2.08. The fourth-order valence-corrected chi connectivity index (χ4v) is 5.71. The summed E-state index contributed by atoms with van der Waals surface area (Å²) in [5.74, 6) is -4.24. The molecule has 3 rings (SSSR count). The lowest BCUT2D eigenvalue weighted by Gasteiger charge is -2.38. The Hall–Kier alpha value is -2.77. The number of halogens is 7. The van der Waals surface area contributed by atoms with Crippen LogP contribution in [0.5, 0.6) is 0 Å². The van der Waals surface area contributed by atoms with Crippen molar-refractivity contribution in [2.75, 3.05) is 10.8 Å². The molecule has 13 heteroatoms. The van der Waals surface area contributed by atoms with Gasteiger partial charge in [-0.1, -0.05) is 19.1 Å². The van der Waals surface area contributed by atoms with Crippen LogP contribution in [0.2, 0.25) is 0 Å². The van der Waals surface area contributed by atoms with Gasteiger partial charge in [0.25, 0.3) is 0 Å². The van der Waals surface area contributed by atoms with Crippen molar-refractivity contribution in [1.82, 2.24) is 5.32 Å². The molecule has 0 saturated carbocycles. The summed E-state index contributed by atoms with van der Waals surface area (Å²) in [5.41, 5.74) is -0.499. The number of nitrogens with one attached hydrogen (secondary N) is 2. The van der Waals surface area contributed by atoms with Gasteiger partial charge in [0, 0.05) is 18.7 Å². The molecule has 1 aliphatic rings. The molecule has 5 nitrogen and oxygen atoms in total. The normalized spacial score (nSPS) is 17.8. The summed E-state index contributed by atoms with van der Waals surface area (Å²) < 4.78 is 108. The molecule has 0 fully saturated rings. The molecule has 0 radical (unpaired) electrons. The number of hydrogen-bond donors (Lipinski definition) is 3. The minimum atomic E-state index is -5.55. The Morgan fingerprint density at radius 2 is 1.79 bits per heavy atom. The quantitative estimate of drug-likeness (QED) is 0.179. The molecule has 0 amide bonds. The maximum absolute atomic E-state index is 13.6. The van der Waals surface area contributed by atoms with E-state index < -0.39 is 53.2 Å². The van der Waals surface area contributed by atoms with Gasteiger partial charge in [0.05, 0.1) is 17.8 Å². The van der Waals surface area contributed by atoms with Gasteiger partial charge >= 0.3 is 12.4 Å². The third kappa shape index (κ3) is 7.89. The lowest BCUT2D eigenvalue weighted by atomic mass is 9.90. The van der Waals surface area contributed by atoms with Gasteiger partial charge in [-0.2, -0.15) is 30.6 Å². The number of alkyl halides is 6. The lowest BCUT2D eigenvalue weighted by molar-refractivity contribution is -0.253. The molecule has 2 aromatic carbocycles. The Morgan fingerprint density at radius 3 is 2.38 bits per heavy atom. The second-order valence-corrected chi connectivity index (χ2v) is 10.5. The van der Waals surface area contributed by atoms with Gasteiger partial charge in [0.1, 0.15) is 17.2 Å². The number of hydrogen-bond acceptors (Lipinski definition) is 5. The number of aliphatic hydroxyl groups is 1. The van der Waals surface area contributed by atoms with Crippen molar-refractivity contribution in [2.45, 2.75) is 67.9 Å². The minimum absolute atomic E-state index is 0.0658. The van der Waals surface area contributed by atoms with Crippen molar-refractivity contribution in [3.05, 3.63) is 71.7 Å². The third-order valence-corrected chi connectivity index (χ3v) is 7.81. The van der Waals surface area contributed by atoms with Gasteiger partial charge in [-0.25, -0.2) is 4.39 Å². The van der Waals surface area contributed by atoms with Crippen molar-refractivity contribution in [3.63, 3.8) is 0 Å². The van der Waals surface area contributed by atoms with Gasteiger partial charge in [0.15, 0.2) is 10.8 Å². The van der Waals surface area contributed by atoms with Crippen molar-refractivity contribution >= 4 is 22.8 Å². The van der Waals surface area contributed by atoms with Gasteiger partial charge in [-0.3, -0.25) is 0 Å². The SMILES string of the molecule is CCC(O)CN/C=C\C(=N)C[C@@H]1CCc2cc(C(C(F)(F)F)C(F)(F)F)ccc2N1[S+]([O-])c1ccc(F)cc1. The smallest absolute Gasteiger partial charge is 0.404 e. The summed E-state index contributed by atoms with van der Waals surface area (Å²) in [5, 5.41) is 20.8. The average Bonchev–Trinajstić information content (AvgIpc) is 2.84. The highest BCUT2D eigenvalue weighted by Gasteiger charge is 2.57. The van der Waals surface area contributed by atoms with Crippen molar-refractivity contribution < 1.29 is 40.4 Å². The summed E-state index contributed by atoms with van der Waals surface area (Å²) in [4.78, 5) is 0.180. The zero-order valence-corrected chi connectivity index (χ0v) is 21.6. The number of aliphatic hydroxyl groups excluding tert-OH is 1. The highest BCUT2D eigenvalue weighted by Crippen LogP contribution is 2.48. The molecule has 0 bridgehead atoms. The van der Waals surface area contributed by atoms with Crippen LogP contribution in [0.4, 0.5) is 36.4 Å². The Labute approximate surface area is 224 Å². The highest BCUT2D eigenvalue weighted by atomic mass is 32.2. The largest absolute Gasteiger partial charge is 0.588 e. The van der Waals surface area contributed by atoms with E-state index in [0.717, 1.165) is 30.3 Å². The second kappa shape index (κ2) is 12.6. The van der Waals surface area contributed by atoms with E-state index in [-0.39, 0.29) is 47.7 Å². The molecule has 1 heterocycles. The first-order chi connectivity index (χ1) is 18.2. The molecule has 0 aromatic heterocycles.